The smallest absolute Gasteiger partial charge is 0.310 e. The Morgan fingerprint density at radius 1 is 0.931 bits per heavy atom. The maximum atomic E-state index is 12.2. The van der Waals surface area contributed by atoms with Crippen molar-refractivity contribution in [3.63, 3.8) is 0 Å². The van der Waals surface area contributed by atoms with Crippen molar-refractivity contribution in [2.45, 2.75) is 77.3 Å². The molecule has 168 valence electrons. The van der Waals surface area contributed by atoms with Gasteiger partial charge in [0.2, 0.25) is 0 Å². The normalized spacial score (nSPS) is 19.9. The molecule has 0 fully saturated rings. The summed E-state index contributed by atoms with van der Waals surface area (Å²) < 4.78 is 17.4. The molecule has 1 aliphatic rings. The maximum Gasteiger partial charge on any atom is 0.310 e. The van der Waals surface area contributed by atoms with Gasteiger partial charge in [-0.05, 0) is 57.5 Å². The highest BCUT2D eigenvalue weighted by molar-refractivity contribution is 6.84. The van der Waals surface area contributed by atoms with E-state index < -0.39 is 40.4 Å². The molecule has 0 amide bonds. The van der Waals surface area contributed by atoms with Gasteiger partial charge in [-0.25, -0.2) is 0 Å². The third-order valence-electron chi connectivity index (χ3n) is 5.28. The number of hydrogen-bond donors (Lipinski definition) is 1. The zero-order valence-corrected chi connectivity index (χ0v) is 20.9. The molecule has 0 saturated heterocycles. The van der Waals surface area contributed by atoms with Gasteiger partial charge < -0.3 is 18.7 Å². The molecular formula is C21H40O6Si2. The Labute approximate surface area is 178 Å². The Morgan fingerprint density at radius 3 is 2.10 bits per heavy atom. The summed E-state index contributed by atoms with van der Waals surface area (Å²) in [6, 6.07) is 2.28. The number of carboxylic acid groups (broad SMARTS) is 1. The van der Waals surface area contributed by atoms with E-state index in [-0.39, 0.29) is 6.61 Å². The predicted octanol–water partition coefficient (Wildman–Crippen LogP) is 4.83. The van der Waals surface area contributed by atoms with Crippen LogP contribution in [0.4, 0.5) is 0 Å². The molecule has 0 aromatic heterocycles. The van der Waals surface area contributed by atoms with Gasteiger partial charge in [0.05, 0.1) is 18.4 Å². The number of allylic oxidation sites excluding steroid dienone is 2. The summed E-state index contributed by atoms with van der Waals surface area (Å²) >= 11 is 0. The van der Waals surface area contributed by atoms with Gasteiger partial charge in [-0.1, -0.05) is 31.9 Å². The number of carbonyl (C=O) groups excluding carboxylic acids is 1. The van der Waals surface area contributed by atoms with Gasteiger partial charge in [-0.2, -0.15) is 0 Å². The minimum atomic E-state index is -1.68. The highest BCUT2D eigenvalue weighted by Crippen LogP contribution is 2.27. The van der Waals surface area contributed by atoms with Gasteiger partial charge in [-0.15, -0.1) is 0 Å². The fourth-order valence-electron chi connectivity index (χ4n) is 3.81. The average Bonchev–Trinajstić information content (AvgIpc) is 2.64. The molecule has 6 nitrogen and oxygen atoms in total. The molecule has 1 rings (SSSR count). The van der Waals surface area contributed by atoms with Crippen molar-refractivity contribution in [1.82, 2.24) is 0 Å². The highest BCUT2D eigenvalue weighted by atomic mass is 28.4. The summed E-state index contributed by atoms with van der Waals surface area (Å²) in [7, 11) is -3.25. The van der Waals surface area contributed by atoms with Gasteiger partial charge in [0.1, 0.15) is 6.61 Å². The zero-order chi connectivity index (χ0) is 21.9. The lowest BCUT2D eigenvalue weighted by atomic mass is 9.83. The van der Waals surface area contributed by atoms with Crippen LogP contribution in [0.15, 0.2) is 12.2 Å². The van der Waals surface area contributed by atoms with Gasteiger partial charge >= 0.3 is 11.9 Å². The molecule has 0 spiro atoms. The monoisotopic (exact) mass is 444 g/mol. The number of carbonyl (C=O) groups is 2. The number of carboxylic acids is 1. The molecule has 2 atom stereocenters. The third-order valence-corrected chi connectivity index (χ3v) is 12.8. The van der Waals surface area contributed by atoms with Crippen LogP contribution in [0.1, 0.15) is 39.0 Å². The Kier molecular flexibility index (Phi) is 11.4. The van der Waals surface area contributed by atoms with E-state index in [9.17, 15) is 14.7 Å². The minimum Gasteiger partial charge on any atom is -0.481 e. The van der Waals surface area contributed by atoms with Crippen molar-refractivity contribution in [2.75, 3.05) is 19.8 Å². The van der Waals surface area contributed by atoms with Crippen LogP contribution in [0.25, 0.3) is 0 Å². The molecule has 0 aliphatic heterocycles. The van der Waals surface area contributed by atoms with E-state index in [1.54, 1.807) is 0 Å². The van der Waals surface area contributed by atoms with Crippen LogP contribution < -0.4 is 0 Å². The Bertz CT molecular complexity index is 547. The molecule has 2 unspecified atom stereocenters. The molecule has 0 bridgehead atoms. The minimum absolute atomic E-state index is 0.166. The quantitative estimate of drug-likeness (QED) is 0.179. The van der Waals surface area contributed by atoms with Crippen LogP contribution in [0.3, 0.4) is 0 Å². The van der Waals surface area contributed by atoms with Crippen molar-refractivity contribution in [3.8, 4) is 0 Å². The molecule has 0 saturated carbocycles. The van der Waals surface area contributed by atoms with E-state index in [0.29, 0.717) is 26.1 Å². The summed E-state index contributed by atoms with van der Waals surface area (Å²) in [6.45, 7) is 12.6. The molecule has 0 heterocycles. The third kappa shape index (κ3) is 10.6. The lowest BCUT2D eigenvalue weighted by Crippen LogP contribution is -2.44. The van der Waals surface area contributed by atoms with E-state index in [1.165, 1.54) is 18.9 Å². The SMILES string of the molecule is CCCC[Si](C)(C)O[Si](C)(C)CCCOCCOC(=O)C1CC=CCC1C(=O)O. The Morgan fingerprint density at radius 2 is 1.52 bits per heavy atom. The molecule has 29 heavy (non-hydrogen) atoms. The highest BCUT2D eigenvalue weighted by Gasteiger charge is 2.35. The molecule has 1 N–H and O–H groups in total. The second-order valence-electron chi connectivity index (χ2n) is 9.10. The van der Waals surface area contributed by atoms with Crippen LogP contribution >= 0.6 is 0 Å². The largest absolute Gasteiger partial charge is 0.481 e. The molecule has 0 radical (unpaired) electrons. The van der Waals surface area contributed by atoms with Crippen molar-refractivity contribution in [1.29, 1.82) is 0 Å². The van der Waals surface area contributed by atoms with Crippen LogP contribution in [-0.4, -0.2) is 53.5 Å². The van der Waals surface area contributed by atoms with Crippen molar-refractivity contribution < 1.29 is 28.3 Å². The van der Waals surface area contributed by atoms with E-state index in [0.717, 1.165) is 12.5 Å². The van der Waals surface area contributed by atoms with Gasteiger partial charge in [-0.3, -0.25) is 9.59 Å². The molecule has 8 heteroatoms. The van der Waals surface area contributed by atoms with Gasteiger partial charge in [0.25, 0.3) is 0 Å². The number of ether oxygens (including phenoxy) is 2. The van der Waals surface area contributed by atoms with Gasteiger partial charge in [0.15, 0.2) is 16.6 Å². The summed E-state index contributed by atoms with van der Waals surface area (Å²) in [4.78, 5) is 23.4. The topological polar surface area (TPSA) is 82.1 Å². The summed E-state index contributed by atoms with van der Waals surface area (Å²) in [5, 5.41) is 9.23. The molecular weight excluding hydrogens is 404 g/mol. The molecule has 0 aromatic carbocycles. The summed E-state index contributed by atoms with van der Waals surface area (Å²) in [6.07, 6.45) is 7.87. The molecule has 0 aromatic rings. The second-order valence-corrected chi connectivity index (χ2v) is 18.0. The van der Waals surface area contributed by atoms with E-state index in [2.05, 4.69) is 33.1 Å². The van der Waals surface area contributed by atoms with Gasteiger partial charge in [0, 0.05) is 6.61 Å². The number of esters is 1. The second kappa shape index (κ2) is 12.7. The van der Waals surface area contributed by atoms with Crippen molar-refractivity contribution in [2.24, 2.45) is 11.8 Å². The average molecular weight is 445 g/mol. The van der Waals surface area contributed by atoms with E-state index >= 15 is 0 Å². The van der Waals surface area contributed by atoms with Crippen LogP contribution in [0.2, 0.25) is 38.3 Å². The fourth-order valence-corrected chi connectivity index (χ4v) is 12.8. The zero-order valence-electron chi connectivity index (χ0n) is 18.9. The Balaban J connectivity index is 2.19. The van der Waals surface area contributed by atoms with Crippen LogP contribution in [-0.2, 0) is 23.2 Å². The van der Waals surface area contributed by atoms with Crippen LogP contribution in [0.5, 0.6) is 0 Å². The Hall–Kier alpha value is -0.966. The molecule has 1 aliphatic carbocycles. The summed E-state index contributed by atoms with van der Waals surface area (Å²) in [5.74, 6) is -2.67. The standard InChI is InChI=1S/C21H40O6Si2/c1-6-7-16-28(2,3)27-29(4,5)17-10-13-25-14-15-26-21(24)19-12-9-8-11-18(19)20(22)23/h8-9,18-19H,6-7,10-17H2,1-5H3,(H,22,23). The maximum absolute atomic E-state index is 12.2. The summed E-state index contributed by atoms with van der Waals surface area (Å²) in [5.41, 5.74) is 0. The lowest BCUT2D eigenvalue weighted by molar-refractivity contribution is -0.158. The number of unbranched alkanes of at least 4 members (excludes halogenated alkanes) is 1. The van der Waals surface area contributed by atoms with E-state index in [4.69, 9.17) is 13.6 Å². The first kappa shape index (κ1) is 26.1. The first-order valence-corrected chi connectivity index (χ1v) is 17.1. The predicted molar refractivity (Wildman–Crippen MR) is 120 cm³/mol. The number of hydrogen-bond acceptors (Lipinski definition) is 5. The van der Waals surface area contributed by atoms with Crippen LogP contribution in [0, 0.1) is 11.8 Å². The van der Waals surface area contributed by atoms with E-state index in [1.807, 2.05) is 12.2 Å². The number of rotatable bonds is 14. The fraction of sp³-hybridized carbons (Fsp3) is 0.810. The van der Waals surface area contributed by atoms with Crippen molar-refractivity contribution >= 4 is 28.6 Å². The van der Waals surface area contributed by atoms with Crippen molar-refractivity contribution in [3.05, 3.63) is 12.2 Å². The first-order valence-electron chi connectivity index (χ1n) is 10.9. The number of aliphatic carboxylic acids is 1. The lowest BCUT2D eigenvalue weighted by Gasteiger charge is -2.34. The first-order chi connectivity index (χ1) is 13.6.